The summed E-state index contributed by atoms with van der Waals surface area (Å²) in [6.07, 6.45) is 5.89. The Balaban J connectivity index is 1.65. The summed E-state index contributed by atoms with van der Waals surface area (Å²) in [5.41, 5.74) is 1.05. The maximum Gasteiger partial charge on any atom is 0.260 e. The quantitative estimate of drug-likeness (QED) is 0.785. The largest absolute Gasteiger partial charge is 0.481 e. The van der Waals surface area contributed by atoms with Gasteiger partial charge in [-0.2, -0.15) is 0 Å². The molecule has 2 rings (SSSR count). The van der Waals surface area contributed by atoms with Crippen molar-refractivity contribution in [1.82, 2.24) is 10.2 Å². The summed E-state index contributed by atoms with van der Waals surface area (Å²) in [7, 11) is 0. The van der Waals surface area contributed by atoms with E-state index in [9.17, 15) is 4.79 Å². The Labute approximate surface area is 140 Å². The van der Waals surface area contributed by atoms with Crippen LogP contribution in [0.4, 0.5) is 0 Å². The third kappa shape index (κ3) is 6.22. The summed E-state index contributed by atoms with van der Waals surface area (Å²) in [6.45, 7) is 8.00. The number of hydrogen-bond donors (Lipinski definition) is 1. The zero-order valence-electron chi connectivity index (χ0n) is 14.5. The fourth-order valence-corrected chi connectivity index (χ4v) is 2.95. The highest BCUT2D eigenvalue weighted by atomic mass is 16.5. The van der Waals surface area contributed by atoms with Gasteiger partial charge in [0.05, 0.1) is 0 Å². The lowest BCUT2D eigenvalue weighted by molar-refractivity contribution is -0.127. The molecule has 1 aromatic carbocycles. The first kappa shape index (κ1) is 17.8. The van der Waals surface area contributed by atoms with Crippen molar-refractivity contribution in [2.75, 3.05) is 26.2 Å². The van der Waals surface area contributed by atoms with Crippen LogP contribution in [0.25, 0.3) is 0 Å². The first-order valence-electron chi connectivity index (χ1n) is 8.89. The molecular weight excluding hydrogens is 288 g/mol. The van der Waals surface area contributed by atoms with E-state index < -0.39 is 6.10 Å². The van der Waals surface area contributed by atoms with E-state index in [0.717, 1.165) is 30.8 Å². The molecular formula is C19H30N2O2. The summed E-state index contributed by atoms with van der Waals surface area (Å²) in [5, 5.41) is 2.99. The zero-order chi connectivity index (χ0) is 16.5. The number of amides is 1. The van der Waals surface area contributed by atoms with E-state index in [1.54, 1.807) is 6.92 Å². The first-order valence-corrected chi connectivity index (χ1v) is 8.89. The number of likely N-dealkylation sites (tertiary alicyclic amines) is 1. The molecule has 1 N–H and O–H groups in total. The van der Waals surface area contributed by atoms with E-state index in [1.165, 1.54) is 38.8 Å². The number of ether oxygens (including phenoxy) is 1. The van der Waals surface area contributed by atoms with Crippen LogP contribution in [0.3, 0.4) is 0 Å². The standard InChI is InChI=1S/C19H30N2O2/c1-16-10-5-6-11-18(16)23-17(2)19(22)20-12-9-15-21-13-7-3-4-8-14-21/h5-6,10-11,17H,3-4,7-9,12-15H2,1-2H3,(H,20,22). The second-order valence-electron chi connectivity index (χ2n) is 6.43. The molecule has 0 bridgehead atoms. The van der Waals surface area contributed by atoms with E-state index in [2.05, 4.69) is 10.2 Å². The van der Waals surface area contributed by atoms with Gasteiger partial charge in [-0.3, -0.25) is 4.79 Å². The molecule has 1 aromatic rings. The van der Waals surface area contributed by atoms with Crippen LogP contribution in [0, 0.1) is 6.92 Å². The molecule has 4 heteroatoms. The molecule has 1 aliphatic rings. The summed E-state index contributed by atoms with van der Waals surface area (Å²) in [5.74, 6) is 0.740. The maximum absolute atomic E-state index is 12.1. The molecule has 23 heavy (non-hydrogen) atoms. The lowest BCUT2D eigenvalue weighted by Gasteiger charge is -2.20. The van der Waals surface area contributed by atoms with Crippen LogP contribution in [-0.4, -0.2) is 43.1 Å². The van der Waals surface area contributed by atoms with Crippen molar-refractivity contribution >= 4 is 5.91 Å². The van der Waals surface area contributed by atoms with Gasteiger partial charge in [0.2, 0.25) is 0 Å². The number of carbonyl (C=O) groups excluding carboxylic acids is 1. The lowest BCUT2D eigenvalue weighted by Crippen LogP contribution is -2.38. The van der Waals surface area contributed by atoms with Crippen LogP contribution in [0.15, 0.2) is 24.3 Å². The molecule has 1 unspecified atom stereocenters. The van der Waals surface area contributed by atoms with E-state index in [-0.39, 0.29) is 5.91 Å². The number of nitrogens with zero attached hydrogens (tertiary/aromatic N) is 1. The molecule has 1 aliphatic heterocycles. The van der Waals surface area contributed by atoms with Crippen LogP contribution in [0.1, 0.15) is 44.6 Å². The molecule has 0 radical (unpaired) electrons. The minimum Gasteiger partial charge on any atom is -0.481 e. The van der Waals surface area contributed by atoms with Gasteiger partial charge in [-0.25, -0.2) is 0 Å². The highest BCUT2D eigenvalue weighted by Gasteiger charge is 2.15. The van der Waals surface area contributed by atoms with Crippen LogP contribution < -0.4 is 10.1 Å². The van der Waals surface area contributed by atoms with Crippen molar-refractivity contribution in [3.63, 3.8) is 0 Å². The fraction of sp³-hybridized carbons (Fsp3) is 0.632. The second-order valence-corrected chi connectivity index (χ2v) is 6.43. The molecule has 1 fully saturated rings. The highest BCUT2D eigenvalue weighted by Crippen LogP contribution is 2.17. The topological polar surface area (TPSA) is 41.6 Å². The molecule has 0 aliphatic carbocycles. The summed E-state index contributed by atoms with van der Waals surface area (Å²) in [6, 6.07) is 7.78. The van der Waals surface area contributed by atoms with Crippen LogP contribution >= 0.6 is 0 Å². The van der Waals surface area contributed by atoms with Crippen LogP contribution in [0.2, 0.25) is 0 Å². The van der Waals surface area contributed by atoms with Crippen LogP contribution in [0.5, 0.6) is 5.75 Å². The minimum atomic E-state index is -0.464. The molecule has 1 atom stereocenters. The average molecular weight is 318 g/mol. The predicted molar refractivity (Wildman–Crippen MR) is 93.8 cm³/mol. The van der Waals surface area contributed by atoms with Gasteiger partial charge in [-0.15, -0.1) is 0 Å². The Morgan fingerprint density at radius 2 is 1.91 bits per heavy atom. The van der Waals surface area contributed by atoms with Crippen molar-refractivity contribution in [3.05, 3.63) is 29.8 Å². The van der Waals surface area contributed by atoms with Crippen molar-refractivity contribution in [1.29, 1.82) is 0 Å². The van der Waals surface area contributed by atoms with Gasteiger partial charge in [0.1, 0.15) is 5.75 Å². The summed E-state index contributed by atoms with van der Waals surface area (Å²) in [4.78, 5) is 14.6. The monoisotopic (exact) mass is 318 g/mol. The third-order valence-electron chi connectivity index (χ3n) is 4.42. The molecule has 1 saturated heterocycles. The Hall–Kier alpha value is -1.55. The summed E-state index contributed by atoms with van der Waals surface area (Å²) < 4.78 is 5.75. The van der Waals surface area contributed by atoms with E-state index >= 15 is 0 Å². The Bertz CT molecular complexity index is 482. The third-order valence-corrected chi connectivity index (χ3v) is 4.42. The van der Waals surface area contributed by atoms with Crippen molar-refractivity contribution in [3.8, 4) is 5.75 Å². The first-order chi connectivity index (χ1) is 11.2. The Kier molecular flexibility index (Phi) is 7.40. The number of nitrogens with one attached hydrogen (secondary N) is 1. The molecule has 1 heterocycles. The molecule has 1 amide bonds. The van der Waals surface area contributed by atoms with E-state index in [0.29, 0.717) is 0 Å². The Morgan fingerprint density at radius 3 is 2.61 bits per heavy atom. The number of aryl methyl sites for hydroxylation is 1. The normalized spacial score (nSPS) is 17.3. The zero-order valence-corrected chi connectivity index (χ0v) is 14.5. The van der Waals surface area contributed by atoms with Gasteiger partial charge in [0.25, 0.3) is 5.91 Å². The van der Waals surface area contributed by atoms with E-state index in [4.69, 9.17) is 4.74 Å². The van der Waals surface area contributed by atoms with Gasteiger partial charge in [0.15, 0.2) is 6.10 Å². The fourth-order valence-electron chi connectivity index (χ4n) is 2.95. The van der Waals surface area contributed by atoms with Gasteiger partial charge in [-0.1, -0.05) is 31.0 Å². The number of rotatable bonds is 7. The molecule has 128 valence electrons. The van der Waals surface area contributed by atoms with Crippen molar-refractivity contribution < 1.29 is 9.53 Å². The molecule has 0 aromatic heterocycles. The van der Waals surface area contributed by atoms with Crippen LogP contribution in [-0.2, 0) is 4.79 Å². The second kappa shape index (κ2) is 9.56. The predicted octanol–water partition coefficient (Wildman–Crippen LogP) is 3.14. The van der Waals surface area contributed by atoms with Gasteiger partial charge < -0.3 is 15.0 Å². The average Bonchev–Trinajstić information content (AvgIpc) is 2.82. The number of hydrogen-bond acceptors (Lipinski definition) is 3. The number of benzene rings is 1. The molecule has 4 nitrogen and oxygen atoms in total. The summed E-state index contributed by atoms with van der Waals surface area (Å²) >= 11 is 0. The van der Waals surface area contributed by atoms with Gasteiger partial charge in [0, 0.05) is 6.54 Å². The smallest absolute Gasteiger partial charge is 0.260 e. The SMILES string of the molecule is Cc1ccccc1OC(C)C(=O)NCCCN1CCCCCC1. The molecule has 0 saturated carbocycles. The van der Waals surface area contributed by atoms with Crippen molar-refractivity contribution in [2.45, 2.75) is 52.1 Å². The van der Waals surface area contributed by atoms with Gasteiger partial charge in [-0.05, 0) is 64.4 Å². The number of carbonyl (C=O) groups is 1. The Morgan fingerprint density at radius 1 is 1.22 bits per heavy atom. The van der Waals surface area contributed by atoms with Gasteiger partial charge >= 0.3 is 0 Å². The highest BCUT2D eigenvalue weighted by molar-refractivity contribution is 5.80. The lowest BCUT2D eigenvalue weighted by atomic mass is 10.2. The van der Waals surface area contributed by atoms with E-state index in [1.807, 2.05) is 31.2 Å². The minimum absolute atomic E-state index is 0.0379. The van der Waals surface area contributed by atoms with Crippen molar-refractivity contribution in [2.24, 2.45) is 0 Å². The number of para-hydroxylation sites is 1. The molecule has 0 spiro atoms. The maximum atomic E-state index is 12.1.